The van der Waals surface area contributed by atoms with Crippen LogP contribution >= 0.6 is 11.6 Å². The lowest BCUT2D eigenvalue weighted by molar-refractivity contribution is -0.127. The van der Waals surface area contributed by atoms with Crippen LogP contribution in [0.1, 0.15) is 23.2 Å². The average molecular weight is 360 g/mol. The number of likely N-dealkylation sites (tertiary alicyclic amines) is 1. The van der Waals surface area contributed by atoms with Gasteiger partial charge in [-0.05, 0) is 38.1 Å². The molecule has 25 heavy (non-hydrogen) atoms. The van der Waals surface area contributed by atoms with Gasteiger partial charge in [-0.1, -0.05) is 17.7 Å². The third-order valence-corrected chi connectivity index (χ3v) is 5.66. The Labute approximate surface area is 152 Å². The number of piperidine rings is 1. The molecule has 2 saturated heterocycles. The third-order valence-electron chi connectivity index (χ3n) is 5.35. The maximum Gasteiger partial charge on any atom is 0.256 e. The van der Waals surface area contributed by atoms with E-state index in [9.17, 15) is 4.79 Å². The van der Waals surface area contributed by atoms with Crippen LogP contribution in [0, 0.1) is 0 Å². The highest BCUT2D eigenvalue weighted by Crippen LogP contribution is 2.32. The second-order valence-corrected chi connectivity index (χ2v) is 7.46. The fraction of sp³-hybridized carbons (Fsp3) is 0.474. The number of morpholine rings is 1. The van der Waals surface area contributed by atoms with Crippen molar-refractivity contribution >= 4 is 28.4 Å². The number of carbonyl (C=O) groups is 1. The summed E-state index contributed by atoms with van der Waals surface area (Å²) in [5.41, 5.74) is 1.25. The first-order valence-corrected chi connectivity index (χ1v) is 9.11. The first-order chi connectivity index (χ1) is 12.1. The van der Waals surface area contributed by atoms with Crippen LogP contribution in [0.5, 0.6) is 0 Å². The maximum atomic E-state index is 13.1. The van der Waals surface area contributed by atoms with Crippen LogP contribution in [0.15, 0.2) is 30.5 Å². The molecule has 0 radical (unpaired) electrons. The van der Waals surface area contributed by atoms with Crippen molar-refractivity contribution in [3.8, 4) is 0 Å². The number of hydrogen-bond acceptors (Lipinski definition) is 4. The van der Waals surface area contributed by atoms with Crippen molar-refractivity contribution < 1.29 is 9.53 Å². The van der Waals surface area contributed by atoms with E-state index >= 15 is 0 Å². The number of halogens is 1. The summed E-state index contributed by atoms with van der Waals surface area (Å²) in [5.74, 6) is -0.0115. The highest BCUT2D eigenvalue weighted by Gasteiger charge is 2.40. The monoisotopic (exact) mass is 359 g/mol. The molecule has 1 spiro atoms. The number of amides is 1. The molecule has 2 aliphatic heterocycles. The minimum atomic E-state index is -0.103. The molecule has 0 saturated carbocycles. The summed E-state index contributed by atoms with van der Waals surface area (Å²) < 4.78 is 6.09. The molecule has 1 aromatic heterocycles. The summed E-state index contributed by atoms with van der Waals surface area (Å²) in [6, 6.07) is 7.36. The van der Waals surface area contributed by atoms with Gasteiger partial charge in [0.05, 0.1) is 28.3 Å². The average Bonchev–Trinajstić information content (AvgIpc) is 2.62. The Morgan fingerprint density at radius 2 is 2.04 bits per heavy atom. The maximum absolute atomic E-state index is 13.1. The van der Waals surface area contributed by atoms with Crippen molar-refractivity contribution in [2.75, 3.05) is 39.8 Å². The van der Waals surface area contributed by atoms with E-state index in [1.54, 1.807) is 12.3 Å². The number of rotatable bonds is 1. The molecule has 2 aliphatic rings. The van der Waals surface area contributed by atoms with Crippen LogP contribution in [-0.4, -0.2) is 66.1 Å². The predicted molar refractivity (Wildman–Crippen MR) is 98.1 cm³/mol. The van der Waals surface area contributed by atoms with Crippen LogP contribution in [0.3, 0.4) is 0 Å². The van der Waals surface area contributed by atoms with Crippen LogP contribution in [0.2, 0.25) is 5.02 Å². The van der Waals surface area contributed by atoms with Gasteiger partial charge in [0.2, 0.25) is 0 Å². The van der Waals surface area contributed by atoms with E-state index < -0.39 is 0 Å². The molecular weight excluding hydrogens is 338 g/mol. The molecule has 1 aromatic carbocycles. The number of benzene rings is 1. The Morgan fingerprint density at radius 1 is 1.24 bits per heavy atom. The van der Waals surface area contributed by atoms with Crippen LogP contribution in [-0.2, 0) is 4.74 Å². The quantitative estimate of drug-likeness (QED) is 0.785. The molecule has 0 unspecified atom stereocenters. The number of hydrogen-bond donors (Lipinski definition) is 0. The van der Waals surface area contributed by atoms with E-state index in [1.165, 1.54) is 0 Å². The van der Waals surface area contributed by atoms with Crippen LogP contribution < -0.4 is 0 Å². The fourth-order valence-electron chi connectivity index (χ4n) is 3.96. The van der Waals surface area contributed by atoms with Crippen molar-refractivity contribution in [3.63, 3.8) is 0 Å². The van der Waals surface area contributed by atoms with Crippen molar-refractivity contribution in [2.24, 2.45) is 0 Å². The molecule has 0 atom stereocenters. The number of carbonyl (C=O) groups excluding carboxylic acids is 1. The minimum Gasteiger partial charge on any atom is -0.372 e. The van der Waals surface area contributed by atoms with E-state index in [-0.39, 0.29) is 11.5 Å². The highest BCUT2D eigenvalue weighted by atomic mass is 35.5. The molecule has 2 fully saturated rings. The molecule has 132 valence electrons. The van der Waals surface area contributed by atoms with Gasteiger partial charge < -0.3 is 14.5 Å². The lowest BCUT2D eigenvalue weighted by atomic mass is 9.89. The fourth-order valence-corrected chi connectivity index (χ4v) is 4.20. The molecule has 1 amide bonds. The Morgan fingerprint density at radius 3 is 2.80 bits per heavy atom. The summed E-state index contributed by atoms with van der Waals surface area (Å²) in [4.78, 5) is 21.7. The lowest BCUT2D eigenvalue weighted by Crippen LogP contribution is -2.56. The number of fused-ring (bicyclic) bond motifs is 1. The van der Waals surface area contributed by atoms with Crippen LogP contribution in [0.4, 0.5) is 0 Å². The number of likely N-dealkylation sites (N-methyl/N-ethyl adjacent to an activating group) is 1. The minimum absolute atomic E-state index is 0.0115. The van der Waals surface area contributed by atoms with Gasteiger partial charge >= 0.3 is 0 Å². The van der Waals surface area contributed by atoms with Crippen molar-refractivity contribution in [3.05, 3.63) is 41.0 Å². The Balaban J connectivity index is 1.56. The molecule has 0 bridgehead atoms. The van der Waals surface area contributed by atoms with Gasteiger partial charge in [0.25, 0.3) is 5.91 Å². The number of aromatic nitrogens is 1. The molecule has 5 nitrogen and oxygen atoms in total. The van der Waals surface area contributed by atoms with Gasteiger partial charge in [-0.3, -0.25) is 9.78 Å². The molecule has 6 heteroatoms. The van der Waals surface area contributed by atoms with Gasteiger partial charge in [-0.2, -0.15) is 0 Å². The normalized spacial score (nSPS) is 21.0. The van der Waals surface area contributed by atoms with E-state index in [1.807, 2.05) is 23.1 Å². The van der Waals surface area contributed by atoms with E-state index in [0.29, 0.717) is 23.7 Å². The summed E-state index contributed by atoms with van der Waals surface area (Å²) in [6.45, 7) is 4.07. The van der Waals surface area contributed by atoms with Crippen molar-refractivity contribution in [1.82, 2.24) is 14.8 Å². The first kappa shape index (κ1) is 16.8. The molecule has 0 N–H and O–H groups in total. The third kappa shape index (κ3) is 3.12. The standard InChI is InChI=1S/C19H22ClN3O2/c1-22-11-12-25-19(13-22)6-9-23(10-7-19)18(24)17-14-3-2-8-21-16(14)5-4-15(17)20/h2-5,8H,6-7,9-13H2,1H3. The number of ether oxygens (including phenoxy) is 1. The molecule has 4 rings (SSSR count). The Bertz CT molecular complexity index is 802. The molecule has 0 aliphatic carbocycles. The second-order valence-electron chi connectivity index (χ2n) is 7.05. The summed E-state index contributed by atoms with van der Waals surface area (Å²) in [6.07, 6.45) is 3.46. The smallest absolute Gasteiger partial charge is 0.256 e. The highest BCUT2D eigenvalue weighted by molar-refractivity contribution is 6.35. The number of nitrogens with zero attached hydrogens (tertiary/aromatic N) is 3. The van der Waals surface area contributed by atoms with E-state index in [0.717, 1.165) is 43.4 Å². The zero-order valence-corrected chi connectivity index (χ0v) is 15.1. The molecular formula is C19H22ClN3O2. The number of pyridine rings is 1. The van der Waals surface area contributed by atoms with Gasteiger partial charge in [-0.25, -0.2) is 0 Å². The van der Waals surface area contributed by atoms with Gasteiger partial charge in [0.1, 0.15) is 0 Å². The van der Waals surface area contributed by atoms with Gasteiger partial charge in [0, 0.05) is 37.8 Å². The van der Waals surface area contributed by atoms with Crippen LogP contribution in [0.25, 0.3) is 10.9 Å². The van der Waals surface area contributed by atoms with Gasteiger partial charge in [0.15, 0.2) is 0 Å². The summed E-state index contributed by atoms with van der Waals surface area (Å²) in [7, 11) is 2.13. The topological polar surface area (TPSA) is 45.7 Å². The molecule has 3 heterocycles. The zero-order valence-electron chi connectivity index (χ0n) is 14.4. The Kier molecular flexibility index (Phi) is 4.40. The summed E-state index contributed by atoms with van der Waals surface area (Å²) in [5, 5.41) is 1.30. The predicted octanol–water partition coefficient (Wildman–Crippen LogP) is 2.83. The molecule has 2 aromatic rings. The first-order valence-electron chi connectivity index (χ1n) is 8.73. The Hall–Kier alpha value is -1.69. The van der Waals surface area contributed by atoms with Crippen molar-refractivity contribution in [1.29, 1.82) is 0 Å². The largest absolute Gasteiger partial charge is 0.372 e. The van der Waals surface area contributed by atoms with Gasteiger partial charge in [-0.15, -0.1) is 0 Å². The zero-order chi connectivity index (χ0) is 17.4. The van der Waals surface area contributed by atoms with E-state index in [2.05, 4.69) is 16.9 Å². The lowest BCUT2D eigenvalue weighted by Gasteiger charge is -2.46. The SMILES string of the molecule is CN1CCOC2(CCN(C(=O)c3c(Cl)ccc4ncccc34)CC2)C1. The van der Waals surface area contributed by atoms with Crippen molar-refractivity contribution in [2.45, 2.75) is 18.4 Å². The summed E-state index contributed by atoms with van der Waals surface area (Å²) >= 11 is 6.37. The van der Waals surface area contributed by atoms with E-state index in [4.69, 9.17) is 16.3 Å². The second kappa shape index (κ2) is 6.56.